The summed E-state index contributed by atoms with van der Waals surface area (Å²) in [5, 5.41) is 0. The zero-order valence-electron chi connectivity index (χ0n) is 19.8. The summed E-state index contributed by atoms with van der Waals surface area (Å²) in [6.07, 6.45) is 0.912. The number of esters is 1. The average Bonchev–Trinajstić information content (AvgIpc) is 3.15. The molecular weight excluding hydrogens is 464 g/mol. The molecule has 0 unspecified atom stereocenters. The fourth-order valence-electron chi connectivity index (χ4n) is 3.71. The van der Waals surface area contributed by atoms with Crippen LogP contribution in [0, 0.1) is 13.8 Å². The molecule has 0 N–H and O–H groups in total. The molecule has 3 rings (SSSR count). The van der Waals surface area contributed by atoms with Crippen molar-refractivity contribution in [2.24, 2.45) is 0 Å². The second kappa shape index (κ2) is 10.9. The van der Waals surface area contributed by atoms with Crippen molar-refractivity contribution in [1.82, 2.24) is 9.21 Å². The van der Waals surface area contributed by atoms with Gasteiger partial charge in [-0.1, -0.05) is 6.92 Å². The molecular formula is C23H30N2O8S. The van der Waals surface area contributed by atoms with E-state index >= 15 is 0 Å². The van der Waals surface area contributed by atoms with Crippen LogP contribution < -0.4 is 9.47 Å². The maximum Gasteiger partial charge on any atom is 0.342 e. The number of ether oxygens (including phenoxy) is 3. The van der Waals surface area contributed by atoms with Crippen LogP contribution in [0.15, 0.2) is 33.6 Å². The third-order valence-corrected chi connectivity index (χ3v) is 7.50. The van der Waals surface area contributed by atoms with Crippen molar-refractivity contribution in [3.05, 3.63) is 41.3 Å². The van der Waals surface area contributed by atoms with Crippen molar-refractivity contribution in [2.45, 2.75) is 32.1 Å². The lowest BCUT2D eigenvalue weighted by molar-refractivity contribution is -0.134. The van der Waals surface area contributed by atoms with Gasteiger partial charge in [-0.3, -0.25) is 4.79 Å². The number of hydrogen-bond donors (Lipinski definition) is 0. The van der Waals surface area contributed by atoms with Gasteiger partial charge in [-0.05, 0) is 44.5 Å². The summed E-state index contributed by atoms with van der Waals surface area (Å²) in [6.45, 7) is 6.08. The average molecular weight is 495 g/mol. The Labute approximate surface area is 199 Å². The van der Waals surface area contributed by atoms with E-state index in [4.69, 9.17) is 18.6 Å². The fourth-order valence-corrected chi connectivity index (χ4v) is 5.50. The number of amides is 1. The Morgan fingerprint density at radius 1 is 0.971 bits per heavy atom. The Balaban J connectivity index is 1.59. The van der Waals surface area contributed by atoms with Gasteiger partial charge in [0, 0.05) is 26.2 Å². The summed E-state index contributed by atoms with van der Waals surface area (Å²) in [5.74, 6) is 0.559. The quantitative estimate of drug-likeness (QED) is 0.488. The Kier molecular flexibility index (Phi) is 8.21. The third-order valence-electron chi connectivity index (χ3n) is 5.44. The smallest absolute Gasteiger partial charge is 0.342 e. The summed E-state index contributed by atoms with van der Waals surface area (Å²) >= 11 is 0. The van der Waals surface area contributed by atoms with Crippen molar-refractivity contribution in [3.63, 3.8) is 0 Å². The Morgan fingerprint density at radius 2 is 1.56 bits per heavy atom. The number of aryl methyl sites for hydroxylation is 2. The van der Waals surface area contributed by atoms with E-state index in [0.717, 1.165) is 12.2 Å². The summed E-state index contributed by atoms with van der Waals surface area (Å²) in [5.41, 5.74) is -0.0991. The van der Waals surface area contributed by atoms with Gasteiger partial charge in [-0.15, -0.1) is 0 Å². The van der Waals surface area contributed by atoms with Gasteiger partial charge in [0.05, 0.1) is 13.7 Å². The van der Waals surface area contributed by atoms with Crippen molar-refractivity contribution in [1.29, 1.82) is 0 Å². The number of benzene rings is 1. The van der Waals surface area contributed by atoms with Crippen LogP contribution in [0.5, 0.6) is 11.5 Å². The van der Waals surface area contributed by atoms with E-state index in [9.17, 15) is 18.0 Å². The number of rotatable bonds is 9. The SMILES string of the molecule is CCCOc1ccc(OCC(=O)N2CCN(S(=O)(=O)c3c(C)oc(C)c3C(=O)OC)CC2)cc1. The van der Waals surface area contributed by atoms with Gasteiger partial charge in [0.15, 0.2) is 6.61 Å². The zero-order chi connectivity index (χ0) is 24.9. The first-order valence-corrected chi connectivity index (χ1v) is 12.4. The molecule has 1 aliphatic heterocycles. The summed E-state index contributed by atoms with van der Waals surface area (Å²) in [4.78, 5) is 26.1. The molecule has 2 aromatic rings. The molecule has 186 valence electrons. The molecule has 1 amide bonds. The molecule has 1 fully saturated rings. The highest BCUT2D eigenvalue weighted by Gasteiger charge is 2.37. The van der Waals surface area contributed by atoms with Gasteiger partial charge in [0.2, 0.25) is 10.0 Å². The second-order valence-corrected chi connectivity index (χ2v) is 9.68. The third kappa shape index (κ3) is 5.53. The fraction of sp³-hybridized carbons (Fsp3) is 0.478. The first-order chi connectivity index (χ1) is 16.2. The molecule has 34 heavy (non-hydrogen) atoms. The van der Waals surface area contributed by atoms with E-state index < -0.39 is 16.0 Å². The molecule has 1 aliphatic rings. The highest BCUT2D eigenvalue weighted by molar-refractivity contribution is 7.89. The van der Waals surface area contributed by atoms with Gasteiger partial charge < -0.3 is 23.5 Å². The molecule has 0 atom stereocenters. The number of furan rings is 1. The molecule has 1 aromatic heterocycles. The number of carbonyl (C=O) groups excluding carboxylic acids is 2. The second-order valence-electron chi connectivity index (χ2n) is 7.80. The number of sulfonamides is 1. The molecule has 0 aliphatic carbocycles. The van der Waals surface area contributed by atoms with Crippen LogP contribution in [0.4, 0.5) is 0 Å². The number of hydrogen-bond acceptors (Lipinski definition) is 8. The lowest BCUT2D eigenvalue weighted by Crippen LogP contribution is -2.51. The van der Waals surface area contributed by atoms with E-state index in [-0.39, 0.29) is 60.7 Å². The van der Waals surface area contributed by atoms with Crippen LogP contribution in [0.3, 0.4) is 0 Å². The largest absolute Gasteiger partial charge is 0.494 e. The van der Waals surface area contributed by atoms with Crippen LogP contribution in [0.25, 0.3) is 0 Å². The monoisotopic (exact) mass is 494 g/mol. The molecule has 1 saturated heterocycles. The zero-order valence-corrected chi connectivity index (χ0v) is 20.6. The predicted octanol–water partition coefficient (Wildman–Crippen LogP) is 2.38. The Hall–Kier alpha value is -3.05. The number of methoxy groups -OCH3 is 1. The lowest BCUT2D eigenvalue weighted by Gasteiger charge is -2.34. The highest BCUT2D eigenvalue weighted by atomic mass is 32.2. The summed E-state index contributed by atoms with van der Waals surface area (Å²) in [6, 6.07) is 7.02. The molecule has 0 saturated carbocycles. The van der Waals surface area contributed by atoms with Crippen molar-refractivity contribution >= 4 is 21.9 Å². The van der Waals surface area contributed by atoms with E-state index in [1.807, 2.05) is 6.92 Å². The lowest BCUT2D eigenvalue weighted by atomic mass is 10.2. The molecule has 2 heterocycles. The molecule has 1 aromatic carbocycles. The topological polar surface area (TPSA) is 116 Å². The minimum atomic E-state index is -4.02. The van der Waals surface area contributed by atoms with Gasteiger partial charge in [0.1, 0.15) is 33.5 Å². The highest BCUT2D eigenvalue weighted by Crippen LogP contribution is 2.30. The number of nitrogens with zero attached hydrogens (tertiary/aromatic N) is 2. The van der Waals surface area contributed by atoms with Crippen molar-refractivity contribution in [3.8, 4) is 11.5 Å². The Morgan fingerprint density at radius 3 is 2.12 bits per heavy atom. The van der Waals surface area contributed by atoms with Crippen LogP contribution in [0.1, 0.15) is 35.2 Å². The summed E-state index contributed by atoms with van der Waals surface area (Å²) in [7, 11) is -2.83. The molecule has 0 bridgehead atoms. The predicted molar refractivity (Wildman–Crippen MR) is 123 cm³/mol. The van der Waals surface area contributed by atoms with Gasteiger partial charge in [-0.25, -0.2) is 13.2 Å². The van der Waals surface area contributed by atoms with Crippen molar-refractivity contribution < 1.29 is 36.6 Å². The maximum absolute atomic E-state index is 13.3. The Bertz CT molecular complexity index is 1120. The first kappa shape index (κ1) is 25.6. The number of carbonyl (C=O) groups is 2. The maximum atomic E-state index is 13.3. The van der Waals surface area contributed by atoms with E-state index in [2.05, 4.69) is 0 Å². The van der Waals surface area contributed by atoms with E-state index in [1.165, 1.54) is 25.3 Å². The normalized spacial score (nSPS) is 14.6. The van der Waals surface area contributed by atoms with E-state index in [0.29, 0.717) is 12.4 Å². The van der Waals surface area contributed by atoms with Crippen LogP contribution in [-0.4, -0.2) is 76.0 Å². The summed E-state index contributed by atoms with van der Waals surface area (Å²) < 4.78 is 49.0. The molecule has 0 spiro atoms. The van der Waals surface area contributed by atoms with Gasteiger partial charge >= 0.3 is 5.97 Å². The van der Waals surface area contributed by atoms with Gasteiger partial charge in [-0.2, -0.15) is 4.31 Å². The molecule has 10 nitrogen and oxygen atoms in total. The van der Waals surface area contributed by atoms with Crippen LogP contribution >= 0.6 is 0 Å². The van der Waals surface area contributed by atoms with Crippen LogP contribution in [-0.2, 0) is 19.6 Å². The van der Waals surface area contributed by atoms with Crippen LogP contribution in [0.2, 0.25) is 0 Å². The van der Waals surface area contributed by atoms with Crippen molar-refractivity contribution in [2.75, 3.05) is 46.5 Å². The van der Waals surface area contributed by atoms with Gasteiger partial charge in [0.25, 0.3) is 5.91 Å². The minimum absolute atomic E-state index is 0.0851. The molecule has 0 radical (unpaired) electrons. The minimum Gasteiger partial charge on any atom is -0.494 e. The standard InChI is InChI=1S/C23H30N2O8S/c1-5-14-31-18-6-8-19(9-7-18)32-15-20(26)24-10-12-25(13-11-24)34(28,29)22-17(3)33-16(2)21(22)23(27)30-4/h6-9H,5,10-15H2,1-4H3. The number of piperazine rings is 1. The molecule has 11 heteroatoms. The first-order valence-electron chi connectivity index (χ1n) is 11.0. The van der Waals surface area contributed by atoms with E-state index in [1.54, 1.807) is 29.2 Å².